The molecule has 2 rings (SSSR count). The lowest BCUT2D eigenvalue weighted by Gasteiger charge is -2.36. The van der Waals surface area contributed by atoms with Crippen molar-refractivity contribution in [2.24, 2.45) is 11.3 Å². The normalized spacial score (nSPS) is 36.2. The third-order valence-corrected chi connectivity index (χ3v) is 4.91. The molecule has 120 valence electrons. The SMILES string of the molecule is CC1CCC(CNC(=O)NC2(C)CCOC2)(C(=O)O)CC1. The minimum atomic E-state index is -0.809. The zero-order valence-electron chi connectivity index (χ0n) is 12.9. The van der Waals surface area contributed by atoms with Crippen molar-refractivity contribution in [2.45, 2.75) is 51.5 Å². The maximum absolute atomic E-state index is 12.0. The Morgan fingerprint density at radius 3 is 2.48 bits per heavy atom. The zero-order valence-corrected chi connectivity index (χ0v) is 12.9. The van der Waals surface area contributed by atoms with E-state index in [0.717, 1.165) is 19.3 Å². The molecule has 2 aliphatic rings. The van der Waals surface area contributed by atoms with E-state index in [-0.39, 0.29) is 18.1 Å². The molecule has 1 atom stereocenters. The molecule has 0 bridgehead atoms. The van der Waals surface area contributed by atoms with Gasteiger partial charge in [-0.05, 0) is 44.9 Å². The van der Waals surface area contributed by atoms with Crippen LogP contribution in [0.15, 0.2) is 0 Å². The van der Waals surface area contributed by atoms with E-state index in [9.17, 15) is 14.7 Å². The molecular formula is C15H26N2O4. The average Bonchev–Trinajstić information content (AvgIpc) is 2.84. The van der Waals surface area contributed by atoms with Crippen molar-refractivity contribution in [1.82, 2.24) is 10.6 Å². The molecule has 2 fully saturated rings. The van der Waals surface area contributed by atoms with Crippen molar-refractivity contribution in [3.05, 3.63) is 0 Å². The van der Waals surface area contributed by atoms with Crippen molar-refractivity contribution in [1.29, 1.82) is 0 Å². The minimum absolute atomic E-state index is 0.192. The fraction of sp³-hybridized carbons (Fsp3) is 0.867. The minimum Gasteiger partial charge on any atom is -0.481 e. The van der Waals surface area contributed by atoms with E-state index in [1.807, 2.05) is 6.92 Å². The number of aliphatic carboxylic acids is 1. The third-order valence-electron chi connectivity index (χ3n) is 4.91. The number of rotatable bonds is 4. The number of hydrogen-bond acceptors (Lipinski definition) is 3. The summed E-state index contributed by atoms with van der Waals surface area (Å²) in [6.45, 7) is 5.43. The highest BCUT2D eigenvalue weighted by Crippen LogP contribution is 2.38. The molecule has 1 unspecified atom stereocenters. The van der Waals surface area contributed by atoms with Gasteiger partial charge in [-0.15, -0.1) is 0 Å². The van der Waals surface area contributed by atoms with E-state index < -0.39 is 11.4 Å². The predicted octanol–water partition coefficient (Wildman–Crippen LogP) is 1.75. The van der Waals surface area contributed by atoms with Crippen LogP contribution < -0.4 is 10.6 Å². The summed E-state index contributed by atoms with van der Waals surface area (Å²) in [5.74, 6) is -0.231. The molecule has 0 spiro atoms. The molecule has 6 nitrogen and oxygen atoms in total. The lowest BCUT2D eigenvalue weighted by Crippen LogP contribution is -2.54. The van der Waals surface area contributed by atoms with Gasteiger partial charge in [0.15, 0.2) is 0 Å². The standard InChI is InChI=1S/C15H26N2O4/c1-11-3-5-15(6-4-11,12(18)19)9-16-13(20)17-14(2)7-8-21-10-14/h11H,3-10H2,1-2H3,(H,18,19)(H2,16,17,20). The van der Waals surface area contributed by atoms with Gasteiger partial charge in [-0.1, -0.05) is 6.92 Å². The monoisotopic (exact) mass is 298 g/mol. The molecule has 0 aromatic rings. The van der Waals surface area contributed by atoms with Gasteiger partial charge in [0.1, 0.15) is 0 Å². The van der Waals surface area contributed by atoms with Gasteiger partial charge < -0.3 is 20.5 Å². The maximum Gasteiger partial charge on any atom is 0.315 e. The van der Waals surface area contributed by atoms with Crippen LogP contribution >= 0.6 is 0 Å². The van der Waals surface area contributed by atoms with Crippen molar-refractivity contribution in [2.75, 3.05) is 19.8 Å². The second-order valence-electron chi connectivity index (χ2n) is 6.94. The molecule has 3 N–H and O–H groups in total. The molecule has 21 heavy (non-hydrogen) atoms. The lowest BCUT2D eigenvalue weighted by molar-refractivity contribution is -0.151. The molecule has 1 aliphatic heterocycles. The molecule has 0 radical (unpaired) electrons. The number of hydrogen-bond donors (Lipinski definition) is 3. The third kappa shape index (κ3) is 3.87. The van der Waals surface area contributed by atoms with Crippen LogP contribution in [0.3, 0.4) is 0 Å². The van der Waals surface area contributed by atoms with Crippen molar-refractivity contribution in [3.63, 3.8) is 0 Å². The van der Waals surface area contributed by atoms with Gasteiger partial charge in [0.05, 0.1) is 17.6 Å². The number of ether oxygens (including phenoxy) is 1. The quantitative estimate of drug-likeness (QED) is 0.738. The fourth-order valence-electron chi connectivity index (χ4n) is 3.11. The van der Waals surface area contributed by atoms with Crippen LogP contribution in [0.5, 0.6) is 0 Å². The molecule has 1 heterocycles. The van der Waals surface area contributed by atoms with Crippen LogP contribution in [-0.4, -0.2) is 42.4 Å². The van der Waals surface area contributed by atoms with Gasteiger partial charge in [-0.2, -0.15) is 0 Å². The molecule has 2 amide bonds. The number of carboxylic acid groups (broad SMARTS) is 1. The van der Waals surface area contributed by atoms with Gasteiger partial charge in [0, 0.05) is 13.2 Å². The van der Waals surface area contributed by atoms with Crippen LogP contribution in [0.2, 0.25) is 0 Å². The van der Waals surface area contributed by atoms with Crippen LogP contribution in [0, 0.1) is 11.3 Å². The number of carbonyl (C=O) groups excluding carboxylic acids is 1. The summed E-state index contributed by atoms with van der Waals surface area (Å²) >= 11 is 0. The van der Waals surface area contributed by atoms with E-state index in [2.05, 4.69) is 17.6 Å². The molecular weight excluding hydrogens is 272 g/mol. The lowest BCUT2D eigenvalue weighted by atomic mass is 9.71. The Morgan fingerprint density at radius 1 is 1.29 bits per heavy atom. The Balaban J connectivity index is 1.87. The molecule has 6 heteroatoms. The zero-order chi connectivity index (χ0) is 15.5. The smallest absolute Gasteiger partial charge is 0.315 e. The Labute approximate surface area is 125 Å². The second kappa shape index (κ2) is 6.22. The molecule has 1 aliphatic carbocycles. The Morgan fingerprint density at radius 2 is 1.95 bits per heavy atom. The number of carbonyl (C=O) groups is 2. The van der Waals surface area contributed by atoms with E-state index in [1.54, 1.807) is 0 Å². The van der Waals surface area contributed by atoms with Crippen LogP contribution in [-0.2, 0) is 9.53 Å². The van der Waals surface area contributed by atoms with Crippen LogP contribution in [0.1, 0.15) is 46.0 Å². The maximum atomic E-state index is 12.0. The highest BCUT2D eigenvalue weighted by atomic mass is 16.5. The summed E-state index contributed by atoms with van der Waals surface area (Å²) < 4.78 is 5.29. The number of carboxylic acids is 1. The Hall–Kier alpha value is -1.30. The fourth-order valence-corrected chi connectivity index (χ4v) is 3.11. The molecule has 0 aromatic carbocycles. The van der Waals surface area contributed by atoms with E-state index in [1.165, 1.54) is 0 Å². The highest BCUT2D eigenvalue weighted by Gasteiger charge is 2.41. The van der Waals surface area contributed by atoms with E-state index in [4.69, 9.17) is 4.74 Å². The van der Waals surface area contributed by atoms with E-state index in [0.29, 0.717) is 32.0 Å². The van der Waals surface area contributed by atoms with Gasteiger partial charge >= 0.3 is 12.0 Å². The predicted molar refractivity (Wildman–Crippen MR) is 78.1 cm³/mol. The summed E-state index contributed by atoms with van der Waals surface area (Å²) in [4.78, 5) is 23.6. The van der Waals surface area contributed by atoms with E-state index >= 15 is 0 Å². The first-order valence-corrected chi connectivity index (χ1v) is 7.72. The molecule has 1 saturated heterocycles. The number of amides is 2. The topological polar surface area (TPSA) is 87.7 Å². The largest absolute Gasteiger partial charge is 0.481 e. The first-order valence-electron chi connectivity index (χ1n) is 7.72. The first kappa shape index (κ1) is 16.1. The first-order chi connectivity index (χ1) is 9.85. The highest BCUT2D eigenvalue weighted by molar-refractivity contribution is 5.78. The summed E-state index contributed by atoms with van der Waals surface area (Å²) in [5.41, 5.74) is -1.15. The molecule has 0 aromatic heterocycles. The van der Waals surface area contributed by atoms with Gasteiger partial charge in [0.25, 0.3) is 0 Å². The summed E-state index contributed by atoms with van der Waals surface area (Å²) in [7, 11) is 0. The summed E-state index contributed by atoms with van der Waals surface area (Å²) in [6, 6.07) is -0.303. The van der Waals surface area contributed by atoms with Gasteiger partial charge in [0.2, 0.25) is 0 Å². The summed E-state index contributed by atoms with van der Waals surface area (Å²) in [5, 5.41) is 15.2. The van der Waals surface area contributed by atoms with Crippen LogP contribution in [0.4, 0.5) is 4.79 Å². The van der Waals surface area contributed by atoms with Gasteiger partial charge in [-0.25, -0.2) is 4.79 Å². The van der Waals surface area contributed by atoms with Crippen molar-refractivity contribution < 1.29 is 19.4 Å². The number of nitrogens with one attached hydrogen (secondary N) is 2. The molecule has 1 saturated carbocycles. The number of urea groups is 1. The average molecular weight is 298 g/mol. The Kier molecular flexibility index (Phi) is 4.76. The summed E-state index contributed by atoms with van der Waals surface area (Å²) in [6.07, 6.45) is 3.85. The van der Waals surface area contributed by atoms with Crippen molar-refractivity contribution in [3.8, 4) is 0 Å². The van der Waals surface area contributed by atoms with Gasteiger partial charge in [-0.3, -0.25) is 4.79 Å². The van der Waals surface area contributed by atoms with Crippen molar-refractivity contribution >= 4 is 12.0 Å². The Bertz CT molecular complexity index is 396. The second-order valence-corrected chi connectivity index (χ2v) is 6.94. The van der Waals surface area contributed by atoms with Crippen LogP contribution in [0.25, 0.3) is 0 Å².